The van der Waals surface area contributed by atoms with Gasteiger partial charge in [-0.05, 0) is 52.3 Å². The number of nitrogens with one attached hydrogen (secondary N) is 1. The van der Waals surface area contributed by atoms with Gasteiger partial charge in [-0.25, -0.2) is 9.78 Å². The van der Waals surface area contributed by atoms with Gasteiger partial charge in [0.05, 0.1) is 36.7 Å². The topological polar surface area (TPSA) is 80.8 Å². The number of esters is 1. The number of nitrogens with zero attached hydrogens (tertiary/aromatic N) is 2. The lowest BCUT2D eigenvalue weighted by atomic mass is 9.91. The van der Waals surface area contributed by atoms with E-state index in [1.165, 1.54) is 17.8 Å². The summed E-state index contributed by atoms with van der Waals surface area (Å²) in [5.74, 6) is -0.536. The Labute approximate surface area is 187 Å². The van der Waals surface area contributed by atoms with E-state index in [0.29, 0.717) is 23.7 Å². The van der Waals surface area contributed by atoms with Gasteiger partial charge in [0, 0.05) is 17.4 Å². The number of anilines is 1. The summed E-state index contributed by atoms with van der Waals surface area (Å²) < 4.78 is 11.3. The van der Waals surface area contributed by atoms with Crippen LogP contribution in [-0.2, 0) is 27.3 Å². The Morgan fingerprint density at radius 3 is 2.77 bits per heavy atom. The zero-order valence-electron chi connectivity index (χ0n) is 18.6. The molecule has 0 spiro atoms. The van der Waals surface area contributed by atoms with Crippen LogP contribution in [-0.4, -0.2) is 53.6 Å². The monoisotopic (exact) mass is 445 g/mol. The number of amides is 1. The number of pyridine rings is 1. The highest BCUT2D eigenvalue weighted by Crippen LogP contribution is 2.39. The first-order valence-electron chi connectivity index (χ1n) is 11.2. The maximum absolute atomic E-state index is 12.8. The van der Waals surface area contributed by atoms with E-state index in [2.05, 4.69) is 24.1 Å². The molecular weight excluding hydrogens is 414 g/mol. The van der Waals surface area contributed by atoms with E-state index in [-0.39, 0.29) is 18.1 Å². The van der Waals surface area contributed by atoms with Crippen LogP contribution in [0.5, 0.6) is 0 Å². The predicted octanol–water partition coefficient (Wildman–Crippen LogP) is 4.14. The van der Waals surface area contributed by atoms with Crippen LogP contribution in [0.3, 0.4) is 0 Å². The molecule has 2 aromatic rings. The third-order valence-corrected chi connectivity index (χ3v) is 7.34. The Balaban J connectivity index is 1.67. The summed E-state index contributed by atoms with van der Waals surface area (Å²) in [5.41, 5.74) is 2.31. The largest absolute Gasteiger partial charge is 0.462 e. The molecular formula is C23H31N3O4S. The first-order chi connectivity index (χ1) is 14.9. The van der Waals surface area contributed by atoms with Crippen molar-refractivity contribution < 1.29 is 19.1 Å². The van der Waals surface area contributed by atoms with Crippen molar-refractivity contribution in [2.45, 2.75) is 65.1 Å². The average molecular weight is 446 g/mol. The molecule has 0 aliphatic carbocycles. The van der Waals surface area contributed by atoms with Crippen molar-refractivity contribution in [3.05, 3.63) is 22.2 Å². The van der Waals surface area contributed by atoms with Crippen molar-refractivity contribution in [1.82, 2.24) is 9.88 Å². The van der Waals surface area contributed by atoms with Crippen molar-refractivity contribution in [2.24, 2.45) is 0 Å². The Morgan fingerprint density at radius 2 is 2.06 bits per heavy atom. The second-order valence-electron chi connectivity index (χ2n) is 8.63. The molecule has 0 unspecified atom stereocenters. The predicted molar refractivity (Wildman–Crippen MR) is 122 cm³/mol. The molecule has 31 heavy (non-hydrogen) atoms. The van der Waals surface area contributed by atoms with E-state index in [9.17, 15) is 9.59 Å². The van der Waals surface area contributed by atoms with Gasteiger partial charge in [0.2, 0.25) is 5.91 Å². The molecule has 2 aromatic heterocycles. The molecule has 2 aliphatic rings. The van der Waals surface area contributed by atoms with E-state index in [4.69, 9.17) is 14.5 Å². The molecule has 2 aliphatic heterocycles. The van der Waals surface area contributed by atoms with Gasteiger partial charge in [-0.2, -0.15) is 0 Å². The molecule has 0 radical (unpaired) electrons. The van der Waals surface area contributed by atoms with Gasteiger partial charge in [0.25, 0.3) is 0 Å². The quantitative estimate of drug-likeness (QED) is 0.673. The van der Waals surface area contributed by atoms with E-state index in [1.54, 1.807) is 6.92 Å². The lowest BCUT2D eigenvalue weighted by Gasteiger charge is -2.33. The minimum atomic E-state index is -0.425. The van der Waals surface area contributed by atoms with Gasteiger partial charge in [0.15, 0.2) is 0 Å². The molecule has 4 heterocycles. The third-order valence-electron chi connectivity index (χ3n) is 6.26. The smallest absolute Gasteiger partial charge is 0.350 e. The Bertz CT molecular complexity index is 983. The first-order valence-corrected chi connectivity index (χ1v) is 12.0. The Morgan fingerprint density at radius 1 is 1.29 bits per heavy atom. The molecule has 8 heteroatoms. The van der Waals surface area contributed by atoms with Crippen LogP contribution in [0, 0.1) is 0 Å². The van der Waals surface area contributed by atoms with Crippen molar-refractivity contribution in [3.63, 3.8) is 0 Å². The molecule has 168 valence electrons. The standard InChI is InChI=1S/C23H31N3O4S/c1-4-23(3)12-17-15(14-30-23)11-16-19(20(22(28)29-5-2)31-21(16)24-17)25-18(27)13-26-9-7-6-8-10-26/h11H,4-10,12-14H2,1-3H3,(H,25,27)/t23-/m1/s1. The molecule has 1 N–H and O–H groups in total. The number of thiophene rings is 1. The number of hydrogen-bond acceptors (Lipinski definition) is 7. The number of carbonyl (C=O) groups excluding carboxylic acids is 2. The Kier molecular flexibility index (Phi) is 6.60. The minimum absolute atomic E-state index is 0.111. The third kappa shape index (κ3) is 4.76. The fraction of sp³-hybridized carbons (Fsp3) is 0.609. The maximum Gasteiger partial charge on any atom is 0.350 e. The zero-order chi connectivity index (χ0) is 22.0. The van der Waals surface area contributed by atoms with Crippen molar-refractivity contribution >= 4 is 39.1 Å². The number of aromatic nitrogens is 1. The second kappa shape index (κ2) is 9.22. The first kappa shape index (κ1) is 22.2. The summed E-state index contributed by atoms with van der Waals surface area (Å²) >= 11 is 1.29. The SMILES string of the molecule is CCOC(=O)c1sc2nc3c(cc2c1NC(=O)CN1CCCCC1)CO[C@](C)(CC)C3. The normalized spacial score (nSPS) is 21.6. The fourth-order valence-corrected chi connectivity index (χ4v) is 5.25. The van der Waals surface area contributed by atoms with E-state index >= 15 is 0 Å². The minimum Gasteiger partial charge on any atom is -0.462 e. The molecule has 0 saturated carbocycles. The van der Waals surface area contributed by atoms with Crippen molar-refractivity contribution in [1.29, 1.82) is 0 Å². The van der Waals surface area contributed by atoms with Crippen LogP contribution >= 0.6 is 11.3 Å². The summed E-state index contributed by atoms with van der Waals surface area (Å²) in [7, 11) is 0. The number of hydrogen-bond donors (Lipinski definition) is 1. The van der Waals surface area contributed by atoms with Gasteiger partial charge in [-0.15, -0.1) is 11.3 Å². The lowest BCUT2D eigenvalue weighted by molar-refractivity contribution is -0.117. The van der Waals surface area contributed by atoms with Crippen molar-refractivity contribution in [2.75, 3.05) is 31.6 Å². The van der Waals surface area contributed by atoms with Crippen LogP contribution in [0.2, 0.25) is 0 Å². The van der Waals surface area contributed by atoms with Crippen LogP contribution in [0.1, 0.15) is 67.4 Å². The molecule has 4 rings (SSSR count). The average Bonchev–Trinajstić information content (AvgIpc) is 3.10. The number of ether oxygens (including phenoxy) is 2. The van der Waals surface area contributed by atoms with E-state index in [0.717, 1.165) is 60.2 Å². The lowest BCUT2D eigenvalue weighted by Crippen LogP contribution is -2.37. The Hall–Kier alpha value is -2.03. The summed E-state index contributed by atoms with van der Waals surface area (Å²) in [5, 5.41) is 3.78. The fourth-order valence-electron chi connectivity index (χ4n) is 4.23. The number of fused-ring (bicyclic) bond motifs is 2. The van der Waals surface area contributed by atoms with Gasteiger partial charge in [-0.1, -0.05) is 13.3 Å². The van der Waals surface area contributed by atoms with Gasteiger partial charge < -0.3 is 14.8 Å². The van der Waals surface area contributed by atoms with Gasteiger partial charge in [0.1, 0.15) is 9.71 Å². The van der Waals surface area contributed by atoms with Gasteiger partial charge in [-0.3, -0.25) is 9.69 Å². The summed E-state index contributed by atoms with van der Waals surface area (Å²) in [6.07, 6.45) is 5.10. The van der Waals surface area contributed by atoms with Crippen LogP contribution in [0.25, 0.3) is 10.2 Å². The molecule has 1 amide bonds. The highest BCUT2D eigenvalue weighted by molar-refractivity contribution is 7.21. The molecule has 0 aromatic carbocycles. The molecule has 1 fully saturated rings. The number of carbonyl (C=O) groups is 2. The van der Waals surface area contributed by atoms with E-state index < -0.39 is 5.97 Å². The number of likely N-dealkylation sites (tertiary alicyclic amines) is 1. The number of piperidine rings is 1. The van der Waals surface area contributed by atoms with E-state index in [1.807, 2.05) is 6.07 Å². The van der Waals surface area contributed by atoms with Crippen LogP contribution in [0.4, 0.5) is 5.69 Å². The summed E-state index contributed by atoms with van der Waals surface area (Å²) in [4.78, 5) is 33.7. The highest BCUT2D eigenvalue weighted by Gasteiger charge is 2.32. The molecule has 0 bridgehead atoms. The van der Waals surface area contributed by atoms with Gasteiger partial charge >= 0.3 is 5.97 Å². The van der Waals surface area contributed by atoms with Crippen molar-refractivity contribution in [3.8, 4) is 0 Å². The van der Waals surface area contributed by atoms with Crippen LogP contribution < -0.4 is 5.32 Å². The summed E-state index contributed by atoms with van der Waals surface area (Å²) in [6, 6.07) is 2.02. The summed E-state index contributed by atoms with van der Waals surface area (Å²) in [6.45, 7) is 8.96. The zero-order valence-corrected chi connectivity index (χ0v) is 19.4. The number of rotatable bonds is 6. The molecule has 1 atom stereocenters. The second-order valence-corrected chi connectivity index (χ2v) is 9.63. The van der Waals surface area contributed by atoms with Crippen LogP contribution in [0.15, 0.2) is 6.07 Å². The molecule has 1 saturated heterocycles. The molecule has 7 nitrogen and oxygen atoms in total. The highest BCUT2D eigenvalue weighted by atomic mass is 32.1. The maximum atomic E-state index is 12.8.